The fourth-order valence-electron chi connectivity index (χ4n) is 2.37. The number of nitrogens with zero attached hydrogens (tertiary/aromatic N) is 1. The van der Waals surface area contributed by atoms with Crippen molar-refractivity contribution in [2.45, 2.75) is 47.3 Å². The van der Waals surface area contributed by atoms with Crippen LogP contribution >= 0.6 is 24.0 Å². The van der Waals surface area contributed by atoms with Gasteiger partial charge in [0.25, 0.3) is 0 Å². The average molecular weight is 481 g/mol. The number of rotatable bonds is 7. The van der Waals surface area contributed by atoms with Crippen LogP contribution in [0.2, 0.25) is 0 Å². The number of halogens is 1. The van der Waals surface area contributed by atoms with E-state index in [0.29, 0.717) is 36.1 Å². The lowest BCUT2D eigenvalue weighted by Gasteiger charge is -2.30. The number of carbonyl (C=O) groups is 1. The van der Waals surface area contributed by atoms with Crippen LogP contribution in [0.5, 0.6) is 0 Å². The lowest BCUT2D eigenvalue weighted by molar-refractivity contribution is 0.0205. The van der Waals surface area contributed by atoms with E-state index < -0.39 is 5.97 Å². The molecule has 0 radical (unpaired) electrons. The van der Waals surface area contributed by atoms with Crippen LogP contribution in [0.3, 0.4) is 0 Å². The molecule has 0 amide bonds. The minimum atomic E-state index is -0.408. The molecule has 1 unspecified atom stereocenters. The maximum Gasteiger partial charge on any atom is 0.341 e. The van der Waals surface area contributed by atoms with Crippen LogP contribution in [-0.2, 0) is 16.0 Å². The highest BCUT2D eigenvalue weighted by atomic mass is 127. The molecular formula is C18H32IN3O4. The molecule has 1 heterocycles. The summed E-state index contributed by atoms with van der Waals surface area (Å²) in [4.78, 5) is 16.1. The van der Waals surface area contributed by atoms with Crippen molar-refractivity contribution >= 4 is 35.9 Å². The highest BCUT2D eigenvalue weighted by Crippen LogP contribution is 2.21. The number of aliphatic imine (C=N–C) groups is 1. The Hall–Kier alpha value is -1.29. The van der Waals surface area contributed by atoms with Crippen molar-refractivity contribution in [1.82, 2.24) is 10.6 Å². The van der Waals surface area contributed by atoms with Crippen LogP contribution in [0.4, 0.5) is 0 Å². The molecule has 0 saturated carbocycles. The van der Waals surface area contributed by atoms with Gasteiger partial charge in [-0.15, -0.1) is 24.0 Å². The zero-order valence-corrected chi connectivity index (χ0v) is 19.1. The third-order valence-corrected chi connectivity index (χ3v) is 3.82. The summed E-state index contributed by atoms with van der Waals surface area (Å²) in [5.41, 5.74) is 0.449. The number of carbonyl (C=O) groups excluding carboxylic acids is 1. The summed E-state index contributed by atoms with van der Waals surface area (Å²) >= 11 is 0. The van der Waals surface area contributed by atoms with E-state index in [1.807, 2.05) is 6.92 Å². The molecule has 0 bridgehead atoms. The summed E-state index contributed by atoms with van der Waals surface area (Å²) in [5.74, 6) is 1.40. The minimum Gasteiger partial charge on any atom is -0.465 e. The SMILES string of the molecule is CCNC(=NCc1cc(C(=O)OC)c(C)o1)NCC(OC)C(C)(C)C.I. The van der Waals surface area contributed by atoms with E-state index in [9.17, 15) is 4.79 Å². The van der Waals surface area contributed by atoms with Gasteiger partial charge in [-0.3, -0.25) is 0 Å². The number of esters is 1. The first-order valence-corrected chi connectivity index (χ1v) is 8.45. The van der Waals surface area contributed by atoms with Crippen LogP contribution in [0.1, 0.15) is 49.6 Å². The van der Waals surface area contributed by atoms with Gasteiger partial charge in [-0.2, -0.15) is 0 Å². The van der Waals surface area contributed by atoms with Crippen LogP contribution < -0.4 is 10.6 Å². The summed E-state index contributed by atoms with van der Waals surface area (Å²) in [6, 6.07) is 1.67. The Morgan fingerprint density at radius 3 is 2.46 bits per heavy atom. The number of hydrogen-bond acceptors (Lipinski definition) is 5. The molecule has 2 N–H and O–H groups in total. The van der Waals surface area contributed by atoms with Crippen LogP contribution in [0, 0.1) is 12.3 Å². The molecule has 0 aromatic carbocycles. The first-order chi connectivity index (χ1) is 11.7. The van der Waals surface area contributed by atoms with Gasteiger partial charge in [-0.1, -0.05) is 20.8 Å². The number of nitrogens with one attached hydrogen (secondary N) is 2. The fraction of sp³-hybridized carbons (Fsp3) is 0.667. The first kappa shape index (κ1) is 24.7. The number of aryl methyl sites for hydroxylation is 1. The molecule has 26 heavy (non-hydrogen) atoms. The van der Waals surface area contributed by atoms with Crippen molar-refractivity contribution in [2.24, 2.45) is 10.4 Å². The largest absolute Gasteiger partial charge is 0.465 e. The average Bonchev–Trinajstić information content (AvgIpc) is 2.92. The molecule has 0 spiro atoms. The van der Waals surface area contributed by atoms with Crippen molar-refractivity contribution in [3.05, 3.63) is 23.2 Å². The van der Waals surface area contributed by atoms with E-state index in [4.69, 9.17) is 13.9 Å². The molecule has 0 aliphatic heterocycles. The Morgan fingerprint density at radius 1 is 1.31 bits per heavy atom. The van der Waals surface area contributed by atoms with Gasteiger partial charge in [-0.25, -0.2) is 9.79 Å². The third-order valence-electron chi connectivity index (χ3n) is 3.82. The molecule has 1 atom stereocenters. The zero-order chi connectivity index (χ0) is 19.0. The molecule has 150 valence electrons. The molecule has 1 aromatic rings. The zero-order valence-electron chi connectivity index (χ0n) is 16.8. The molecule has 8 heteroatoms. The smallest absolute Gasteiger partial charge is 0.341 e. The van der Waals surface area contributed by atoms with Crippen molar-refractivity contribution in [3.63, 3.8) is 0 Å². The minimum absolute atomic E-state index is 0. The van der Waals surface area contributed by atoms with Gasteiger partial charge in [0, 0.05) is 20.2 Å². The van der Waals surface area contributed by atoms with E-state index in [1.165, 1.54) is 7.11 Å². The third kappa shape index (κ3) is 7.53. The molecule has 1 aromatic heterocycles. The highest BCUT2D eigenvalue weighted by Gasteiger charge is 2.24. The van der Waals surface area contributed by atoms with Gasteiger partial charge in [0.05, 0.1) is 13.2 Å². The van der Waals surface area contributed by atoms with Gasteiger partial charge >= 0.3 is 5.97 Å². The summed E-state index contributed by atoms with van der Waals surface area (Å²) < 4.78 is 15.9. The second-order valence-corrected chi connectivity index (χ2v) is 6.84. The van der Waals surface area contributed by atoms with Crippen molar-refractivity contribution < 1.29 is 18.7 Å². The lowest BCUT2D eigenvalue weighted by atomic mass is 9.89. The summed E-state index contributed by atoms with van der Waals surface area (Å²) in [6.07, 6.45) is 0.0492. The monoisotopic (exact) mass is 481 g/mol. The van der Waals surface area contributed by atoms with Gasteiger partial charge in [0.15, 0.2) is 5.96 Å². The normalized spacial score (nSPS) is 13.0. The number of methoxy groups -OCH3 is 2. The topological polar surface area (TPSA) is 85.1 Å². The Labute approximate surface area is 173 Å². The Balaban J connectivity index is 0.00000625. The van der Waals surface area contributed by atoms with E-state index in [1.54, 1.807) is 20.1 Å². The number of ether oxygens (including phenoxy) is 2. The van der Waals surface area contributed by atoms with Crippen molar-refractivity contribution in [3.8, 4) is 0 Å². The Morgan fingerprint density at radius 2 is 1.96 bits per heavy atom. The van der Waals surface area contributed by atoms with Gasteiger partial charge < -0.3 is 24.5 Å². The number of hydrogen-bond donors (Lipinski definition) is 2. The van der Waals surface area contributed by atoms with Crippen molar-refractivity contribution in [2.75, 3.05) is 27.3 Å². The molecule has 0 fully saturated rings. The van der Waals surface area contributed by atoms with E-state index in [0.717, 1.165) is 6.54 Å². The molecule has 7 nitrogen and oxygen atoms in total. The molecular weight excluding hydrogens is 449 g/mol. The fourth-order valence-corrected chi connectivity index (χ4v) is 2.37. The standard InChI is InChI=1S/C18H31N3O4.HI/c1-8-19-17(21-11-15(23-6)18(3,4)5)20-10-13-9-14(12(2)25-13)16(22)24-7;/h9,15H,8,10-11H2,1-7H3,(H2,19,20,21);1H. The summed E-state index contributed by atoms with van der Waals surface area (Å²) in [5, 5.41) is 6.47. The van der Waals surface area contributed by atoms with Crippen LogP contribution in [0.25, 0.3) is 0 Å². The lowest BCUT2D eigenvalue weighted by Crippen LogP contribution is -2.45. The first-order valence-electron chi connectivity index (χ1n) is 8.45. The predicted molar refractivity (Wildman–Crippen MR) is 113 cm³/mol. The predicted octanol–water partition coefficient (Wildman–Crippen LogP) is 3.11. The molecule has 0 aliphatic carbocycles. The number of guanidine groups is 1. The van der Waals surface area contributed by atoms with Gasteiger partial charge in [0.1, 0.15) is 23.6 Å². The summed E-state index contributed by atoms with van der Waals surface area (Å²) in [7, 11) is 3.06. The highest BCUT2D eigenvalue weighted by molar-refractivity contribution is 14.0. The van der Waals surface area contributed by atoms with E-state index in [-0.39, 0.29) is 35.5 Å². The maximum atomic E-state index is 11.6. The van der Waals surface area contributed by atoms with E-state index >= 15 is 0 Å². The quantitative estimate of drug-likeness (QED) is 0.270. The second-order valence-electron chi connectivity index (χ2n) is 6.84. The van der Waals surface area contributed by atoms with Crippen molar-refractivity contribution in [1.29, 1.82) is 0 Å². The van der Waals surface area contributed by atoms with Crippen LogP contribution in [0.15, 0.2) is 15.5 Å². The van der Waals surface area contributed by atoms with Gasteiger partial charge in [-0.05, 0) is 25.3 Å². The van der Waals surface area contributed by atoms with Crippen LogP contribution in [-0.4, -0.2) is 45.3 Å². The molecule has 0 aliphatic rings. The maximum absolute atomic E-state index is 11.6. The second kappa shape index (κ2) is 11.4. The van der Waals surface area contributed by atoms with E-state index in [2.05, 4.69) is 36.4 Å². The molecule has 1 rings (SSSR count). The Kier molecular flexibility index (Phi) is 10.9. The Bertz CT molecular complexity index is 594. The molecule has 0 saturated heterocycles. The number of furan rings is 1. The summed E-state index contributed by atoms with van der Waals surface area (Å²) in [6.45, 7) is 11.8. The van der Waals surface area contributed by atoms with Gasteiger partial charge in [0.2, 0.25) is 0 Å².